The van der Waals surface area contributed by atoms with Crippen LogP contribution in [0, 0.1) is 5.92 Å². The van der Waals surface area contributed by atoms with Crippen molar-refractivity contribution in [1.82, 2.24) is 10.1 Å². The molecule has 3 rings (SSSR count). The van der Waals surface area contributed by atoms with E-state index in [0.29, 0.717) is 49.4 Å². The van der Waals surface area contributed by atoms with E-state index in [-0.39, 0.29) is 5.91 Å². The fourth-order valence-corrected chi connectivity index (χ4v) is 2.77. The number of hydrogen-bond donors (Lipinski definition) is 0. The molecule has 0 aliphatic carbocycles. The van der Waals surface area contributed by atoms with Crippen LogP contribution in [0.5, 0.6) is 0 Å². The van der Waals surface area contributed by atoms with Gasteiger partial charge in [0, 0.05) is 32.9 Å². The van der Waals surface area contributed by atoms with Crippen molar-refractivity contribution in [1.29, 1.82) is 0 Å². The molecule has 1 aliphatic heterocycles. The summed E-state index contributed by atoms with van der Waals surface area (Å²) in [6, 6.07) is 5.16. The second-order valence-corrected chi connectivity index (χ2v) is 5.86. The maximum atomic E-state index is 12.5. The van der Waals surface area contributed by atoms with Gasteiger partial charge >= 0.3 is 0 Å². The highest BCUT2D eigenvalue weighted by Gasteiger charge is 2.26. The van der Waals surface area contributed by atoms with Gasteiger partial charge in [-0.15, -0.1) is 0 Å². The molecular weight excluding hydrogens is 312 g/mol. The number of aromatic nitrogens is 1. The van der Waals surface area contributed by atoms with E-state index in [1.165, 1.54) is 0 Å². The summed E-state index contributed by atoms with van der Waals surface area (Å²) in [5.41, 5.74) is 0.316. The number of furan rings is 1. The van der Waals surface area contributed by atoms with Crippen LogP contribution in [0.2, 0.25) is 0 Å². The Kier molecular flexibility index (Phi) is 5.66. The van der Waals surface area contributed by atoms with Gasteiger partial charge in [-0.25, -0.2) is 0 Å². The van der Waals surface area contributed by atoms with Crippen LogP contribution in [0.3, 0.4) is 0 Å². The zero-order chi connectivity index (χ0) is 16.8. The molecule has 130 valence electrons. The van der Waals surface area contributed by atoms with Crippen LogP contribution in [0.15, 0.2) is 33.4 Å². The van der Waals surface area contributed by atoms with Crippen molar-refractivity contribution in [3.8, 4) is 11.5 Å². The first kappa shape index (κ1) is 16.7. The van der Waals surface area contributed by atoms with Crippen LogP contribution in [0.1, 0.15) is 23.3 Å². The van der Waals surface area contributed by atoms with Gasteiger partial charge in [-0.05, 0) is 30.9 Å². The number of carbonyl (C=O) groups excluding carboxylic acids is 1. The number of likely N-dealkylation sites (tertiary alicyclic amines) is 1. The SMILES string of the molecule is COCCOCC1CCN(C(=O)c2cc(-c3ccco3)on2)CC1. The molecule has 3 heterocycles. The predicted octanol–water partition coefficient (Wildman–Crippen LogP) is 2.45. The van der Waals surface area contributed by atoms with Gasteiger partial charge in [0.05, 0.1) is 19.5 Å². The van der Waals surface area contributed by atoms with Gasteiger partial charge in [0.1, 0.15) is 0 Å². The number of piperidine rings is 1. The molecule has 0 unspecified atom stereocenters. The molecule has 0 spiro atoms. The highest BCUT2D eigenvalue weighted by atomic mass is 16.5. The van der Waals surface area contributed by atoms with Crippen molar-refractivity contribution in [3.05, 3.63) is 30.2 Å². The van der Waals surface area contributed by atoms with Crippen LogP contribution in [-0.4, -0.2) is 56.0 Å². The van der Waals surface area contributed by atoms with Gasteiger partial charge in [0.25, 0.3) is 5.91 Å². The van der Waals surface area contributed by atoms with E-state index in [0.717, 1.165) is 19.4 Å². The third-order valence-electron chi connectivity index (χ3n) is 4.18. The lowest BCUT2D eigenvalue weighted by atomic mass is 9.97. The Morgan fingerprint density at radius 3 is 2.88 bits per heavy atom. The number of methoxy groups -OCH3 is 1. The van der Waals surface area contributed by atoms with E-state index >= 15 is 0 Å². The minimum atomic E-state index is -0.102. The van der Waals surface area contributed by atoms with Crippen molar-refractivity contribution in [3.63, 3.8) is 0 Å². The lowest BCUT2D eigenvalue weighted by Gasteiger charge is -2.31. The Morgan fingerprint density at radius 1 is 1.33 bits per heavy atom. The van der Waals surface area contributed by atoms with Crippen molar-refractivity contribution >= 4 is 5.91 Å². The molecule has 1 saturated heterocycles. The summed E-state index contributed by atoms with van der Waals surface area (Å²) in [6.45, 7) is 3.36. The summed E-state index contributed by atoms with van der Waals surface area (Å²) in [4.78, 5) is 14.3. The Bertz CT molecular complexity index is 629. The average Bonchev–Trinajstić information content (AvgIpc) is 3.29. The van der Waals surface area contributed by atoms with Gasteiger partial charge in [0.15, 0.2) is 11.5 Å². The van der Waals surface area contributed by atoms with E-state index in [2.05, 4.69) is 5.16 Å². The highest BCUT2D eigenvalue weighted by molar-refractivity contribution is 5.93. The Balaban J connectivity index is 1.49. The van der Waals surface area contributed by atoms with E-state index in [1.54, 1.807) is 31.6 Å². The molecule has 2 aromatic heterocycles. The van der Waals surface area contributed by atoms with Gasteiger partial charge < -0.3 is 23.3 Å². The predicted molar refractivity (Wildman–Crippen MR) is 85.5 cm³/mol. The molecule has 2 aromatic rings. The topological polar surface area (TPSA) is 77.9 Å². The first-order chi connectivity index (χ1) is 11.8. The molecule has 0 bridgehead atoms. The highest BCUT2D eigenvalue weighted by Crippen LogP contribution is 2.23. The number of nitrogens with zero attached hydrogens (tertiary/aromatic N) is 2. The molecule has 7 heteroatoms. The molecule has 0 N–H and O–H groups in total. The summed E-state index contributed by atoms with van der Waals surface area (Å²) in [6.07, 6.45) is 3.42. The molecule has 24 heavy (non-hydrogen) atoms. The summed E-state index contributed by atoms with van der Waals surface area (Å²) in [5, 5.41) is 3.87. The van der Waals surface area contributed by atoms with Crippen molar-refractivity contribution < 1.29 is 23.2 Å². The van der Waals surface area contributed by atoms with Gasteiger partial charge in [-0.2, -0.15) is 0 Å². The summed E-state index contributed by atoms with van der Waals surface area (Å²) in [5.74, 6) is 1.41. The molecular formula is C17H22N2O5. The second kappa shape index (κ2) is 8.12. The third kappa shape index (κ3) is 4.04. The molecule has 1 fully saturated rings. The standard InChI is InChI=1S/C17H22N2O5/c1-21-9-10-22-12-13-4-6-19(7-5-13)17(20)14-11-16(24-18-14)15-3-2-8-23-15/h2-3,8,11,13H,4-7,9-10,12H2,1H3. The van der Waals surface area contributed by atoms with Crippen molar-refractivity contribution in [2.75, 3.05) is 40.0 Å². The molecule has 0 atom stereocenters. The van der Waals surface area contributed by atoms with Crippen LogP contribution in [0.25, 0.3) is 11.5 Å². The molecule has 7 nitrogen and oxygen atoms in total. The van der Waals surface area contributed by atoms with Crippen LogP contribution in [0.4, 0.5) is 0 Å². The summed E-state index contributed by atoms with van der Waals surface area (Å²) >= 11 is 0. The summed E-state index contributed by atoms with van der Waals surface area (Å²) < 4.78 is 21.0. The number of rotatable bonds is 7. The normalized spacial score (nSPS) is 15.8. The maximum Gasteiger partial charge on any atom is 0.276 e. The lowest BCUT2D eigenvalue weighted by molar-refractivity contribution is 0.0325. The van der Waals surface area contributed by atoms with Crippen molar-refractivity contribution in [2.24, 2.45) is 5.92 Å². The monoisotopic (exact) mass is 334 g/mol. The van der Waals surface area contributed by atoms with Crippen LogP contribution < -0.4 is 0 Å². The fourth-order valence-electron chi connectivity index (χ4n) is 2.77. The number of amides is 1. The Labute approximate surface area is 140 Å². The number of ether oxygens (including phenoxy) is 2. The van der Waals surface area contributed by atoms with Gasteiger partial charge in [-0.3, -0.25) is 4.79 Å². The van der Waals surface area contributed by atoms with E-state index in [9.17, 15) is 4.79 Å². The van der Waals surface area contributed by atoms with E-state index in [1.807, 2.05) is 4.90 Å². The summed E-state index contributed by atoms with van der Waals surface area (Å²) in [7, 11) is 1.66. The zero-order valence-corrected chi connectivity index (χ0v) is 13.8. The quantitative estimate of drug-likeness (QED) is 0.724. The second-order valence-electron chi connectivity index (χ2n) is 5.86. The third-order valence-corrected chi connectivity index (χ3v) is 4.18. The van der Waals surface area contributed by atoms with Gasteiger partial charge in [0.2, 0.25) is 5.76 Å². The molecule has 0 aromatic carbocycles. The maximum absolute atomic E-state index is 12.5. The Morgan fingerprint density at radius 2 is 2.17 bits per heavy atom. The number of hydrogen-bond acceptors (Lipinski definition) is 6. The van der Waals surface area contributed by atoms with Gasteiger partial charge in [-0.1, -0.05) is 5.16 Å². The minimum absolute atomic E-state index is 0.102. The Hall–Kier alpha value is -2.12. The molecule has 0 radical (unpaired) electrons. The van der Waals surface area contributed by atoms with E-state index in [4.69, 9.17) is 18.4 Å². The molecule has 1 amide bonds. The number of carbonyl (C=O) groups is 1. The van der Waals surface area contributed by atoms with Crippen LogP contribution >= 0.6 is 0 Å². The lowest BCUT2D eigenvalue weighted by Crippen LogP contribution is -2.39. The fraction of sp³-hybridized carbons (Fsp3) is 0.529. The first-order valence-electron chi connectivity index (χ1n) is 8.14. The molecule has 1 aliphatic rings. The van der Waals surface area contributed by atoms with Crippen molar-refractivity contribution in [2.45, 2.75) is 12.8 Å². The zero-order valence-electron chi connectivity index (χ0n) is 13.8. The van der Waals surface area contributed by atoms with E-state index < -0.39 is 0 Å². The smallest absolute Gasteiger partial charge is 0.276 e. The molecule has 0 saturated carbocycles. The largest absolute Gasteiger partial charge is 0.461 e. The average molecular weight is 334 g/mol. The van der Waals surface area contributed by atoms with Crippen LogP contribution in [-0.2, 0) is 9.47 Å². The minimum Gasteiger partial charge on any atom is -0.461 e. The first-order valence-corrected chi connectivity index (χ1v) is 8.14.